The second-order valence-electron chi connectivity index (χ2n) is 5.84. The molecule has 114 valence electrons. The first-order valence-electron chi connectivity index (χ1n) is 7.42. The highest BCUT2D eigenvalue weighted by molar-refractivity contribution is 9.10. The van der Waals surface area contributed by atoms with Gasteiger partial charge >= 0.3 is 0 Å². The molecule has 3 heterocycles. The van der Waals surface area contributed by atoms with Crippen LogP contribution < -0.4 is 0 Å². The Balaban J connectivity index is 1.93. The van der Waals surface area contributed by atoms with Crippen LogP contribution in [0.25, 0.3) is 11.2 Å². The van der Waals surface area contributed by atoms with Crippen LogP contribution in [0.2, 0.25) is 0 Å². The first-order valence-corrected chi connectivity index (χ1v) is 8.75. The van der Waals surface area contributed by atoms with Crippen LogP contribution in [0.5, 0.6) is 0 Å². The number of nitrogens with zero attached hydrogens (tertiary/aromatic N) is 4. The number of alkyl halides is 1. The largest absolute Gasteiger partial charge is 0.312 e. The molecule has 1 saturated heterocycles. The van der Waals surface area contributed by atoms with Crippen LogP contribution in [-0.2, 0) is 13.0 Å². The second-order valence-corrected chi connectivity index (χ2v) is 7.14. The Morgan fingerprint density at radius 1 is 1.48 bits per heavy atom. The van der Waals surface area contributed by atoms with Crippen molar-refractivity contribution in [2.24, 2.45) is 5.92 Å². The average Bonchev–Trinajstić information content (AvgIpc) is 2.76. The third kappa shape index (κ3) is 3.41. The van der Waals surface area contributed by atoms with Crippen molar-refractivity contribution >= 4 is 38.7 Å². The molecule has 0 amide bonds. The number of imidazole rings is 1. The van der Waals surface area contributed by atoms with Gasteiger partial charge in [0.15, 0.2) is 5.65 Å². The monoisotopic (exact) mass is 370 g/mol. The molecule has 21 heavy (non-hydrogen) atoms. The van der Waals surface area contributed by atoms with Crippen molar-refractivity contribution in [3.63, 3.8) is 0 Å². The van der Waals surface area contributed by atoms with Crippen LogP contribution in [0.1, 0.15) is 18.7 Å². The molecule has 0 aromatic carbocycles. The molecular weight excluding hydrogens is 352 g/mol. The number of fused-ring (bicyclic) bond motifs is 1. The SMILES string of the molecule is CN1CCCC(Cn2c(CCCl)nc3cc(Br)cnc32)C1. The molecule has 1 aliphatic heterocycles. The molecule has 1 unspecified atom stereocenters. The summed E-state index contributed by atoms with van der Waals surface area (Å²) in [5, 5.41) is 0. The maximum Gasteiger partial charge on any atom is 0.160 e. The zero-order valence-electron chi connectivity index (χ0n) is 12.2. The maximum atomic E-state index is 5.94. The molecule has 1 aliphatic rings. The number of hydrogen-bond donors (Lipinski definition) is 0. The first kappa shape index (κ1) is 15.3. The lowest BCUT2D eigenvalue weighted by Crippen LogP contribution is -2.34. The highest BCUT2D eigenvalue weighted by Gasteiger charge is 2.20. The van der Waals surface area contributed by atoms with Gasteiger partial charge in [-0.1, -0.05) is 0 Å². The van der Waals surface area contributed by atoms with E-state index >= 15 is 0 Å². The fourth-order valence-electron chi connectivity index (χ4n) is 3.18. The van der Waals surface area contributed by atoms with E-state index in [4.69, 9.17) is 16.6 Å². The number of rotatable bonds is 4. The van der Waals surface area contributed by atoms with Crippen molar-refractivity contribution in [2.75, 3.05) is 26.0 Å². The van der Waals surface area contributed by atoms with E-state index in [1.54, 1.807) is 0 Å². The third-order valence-electron chi connectivity index (χ3n) is 4.11. The maximum absolute atomic E-state index is 5.94. The van der Waals surface area contributed by atoms with Gasteiger partial charge in [0.1, 0.15) is 11.3 Å². The van der Waals surface area contributed by atoms with Crippen molar-refractivity contribution in [1.29, 1.82) is 0 Å². The molecular formula is C15H20BrClN4. The fraction of sp³-hybridized carbons (Fsp3) is 0.600. The van der Waals surface area contributed by atoms with Crippen molar-refractivity contribution in [2.45, 2.75) is 25.8 Å². The van der Waals surface area contributed by atoms with E-state index < -0.39 is 0 Å². The van der Waals surface area contributed by atoms with Gasteiger partial charge in [0.25, 0.3) is 0 Å². The Morgan fingerprint density at radius 2 is 2.33 bits per heavy atom. The van der Waals surface area contributed by atoms with Gasteiger partial charge < -0.3 is 9.47 Å². The van der Waals surface area contributed by atoms with Crippen molar-refractivity contribution in [1.82, 2.24) is 19.4 Å². The number of aryl methyl sites for hydroxylation is 1. The van der Waals surface area contributed by atoms with Gasteiger partial charge in [-0.15, -0.1) is 11.6 Å². The lowest BCUT2D eigenvalue weighted by atomic mass is 9.98. The Morgan fingerprint density at radius 3 is 3.10 bits per heavy atom. The van der Waals surface area contributed by atoms with Crippen molar-refractivity contribution < 1.29 is 0 Å². The summed E-state index contributed by atoms with van der Waals surface area (Å²) in [5.41, 5.74) is 1.93. The van der Waals surface area contributed by atoms with Gasteiger partial charge in [0.05, 0.1) is 0 Å². The average molecular weight is 372 g/mol. The Kier molecular flexibility index (Phi) is 4.82. The van der Waals surface area contributed by atoms with Gasteiger partial charge in [-0.05, 0) is 54.3 Å². The zero-order valence-corrected chi connectivity index (χ0v) is 14.6. The van der Waals surface area contributed by atoms with Gasteiger partial charge in [-0.25, -0.2) is 9.97 Å². The number of hydrogen-bond acceptors (Lipinski definition) is 3. The summed E-state index contributed by atoms with van der Waals surface area (Å²) < 4.78 is 3.24. The zero-order chi connectivity index (χ0) is 14.8. The molecule has 1 fully saturated rings. The summed E-state index contributed by atoms with van der Waals surface area (Å²) in [5.74, 6) is 2.31. The van der Waals surface area contributed by atoms with Gasteiger partial charge in [0, 0.05) is 36.1 Å². The predicted molar refractivity (Wildman–Crippen MR) is 89.9 cm³/mol. The number of piperidine rings is 1. The number of pyridine rings is 1. The normalized spacial score (nSPS) is 20.2. The highest BCUT2D eigenvalue weighted by Crippen LogP contribution is 2.23. The van der Waals surface area contributed by atoms with Crippen LogP contribution in [0, 0.1) is 5.92 Å². The minimum atomic E-state index is 0.592. The van der Waals surface area contributed by atoms with E-state index in [0.717, 1.165) is 41.0 Å². The fourth-order valence-corrected chi connectivity index (χ4v) is 3.67. The standard InChI is InChI=1S/C15H20BrClN4/c1-20-6-2-3-11(9-20)10-21-14(4-5-17)19-13-7-12(16)8-18-15(13)21/h7-8,11H,2-6,9-10H2,1H3. The lowest BCUT2D eigenvalue weighted by molar-refractivity contribution is 0.194. The molecule has 2 aromatic rings. The molecule has 1 atom stereocenters. The topological polar surface area (TPSA) is 34.0 Å². The van der Waals surface area contributed by atoms with Crippen LogP contribution >= 0.6 is 27.5 Å². The molecule has 0 spiro atoms. The van der Waals surface area contributed by atoms with Crippen LogP contribution in [-0.4, -0.2) is 45.5 Å². The molecule has 4 nitrogen and oxygen atoms in total. The predicted octanol–water partition coefficient (Wildman–Crippen LogP) is 3.32. The van der Waals surface area contributed by atoms with Crippen LogP contribution in [0.4, 0.5) is 0 Å². The van der Waals surface area contributed by atoms with Gasteiger partial charge in [-0.3, -0.25) is 0 Å². The molecule has 2 aromatic heterocycles. The number of aromatic nitrogens is 3. The minimum absolute atomic E-state index is 0.592. The Labute approximate surface area is 138 Å². The highest BCUT2D eigenvalue weighted by atomic mass is 79.9. The summed E-state index contributed by atoms with van der Waals surface area (Å²) in [7, 11) is 2.20. The Hall–Kier alpha value is -0.650. The summed E-state index contributed by atoms with van der Waals surface area (Å²) >= 11 is 9.41. The van der Waals surface area contributed by atoms with E-state index in [1.807, 2.05) is 12.3 Å². The van der Waals surface area contributed by atoms with Crippen LogP contribution in [0.3, 0.4) is 0 Å². The van der Waals surface area contributed by atoms with E-state index in [0.29, 0.717) is 11.8 Å². The van der Waals surface area contributed by atoms with Gasteiger partial charge in [-0.2, -0.15) is 0 Å². The minimum Gasteiger partial charge on any atom is -0.312 e. The van der Waals surface area contributed by atoms with Crippen LogP contribution in [0.15, 0.2) is 16.7 Å². The van der Waals surface area contributed by atoms with E-state index in [2.05, 4.69) is 37.4 Å². The van der Waals surface area contributed by atoms with Crippen molar-refractivity contribution in [3.8, 4) is 0 Å². The second kappa shape index (κ2) is 6.63. The summed E-state index contributed by atoms with van der Waals surface area (Å²) in [6, 6.07) is 2.03. The summed E-state index contributed by atoms with van der Waals surface area (Å²) in [6.07, 6.45) is 5.19. The molecule has 0 bridgehead atoms. The molecule has 0 radical (unpaired) electrons. The lowest BCUT2D eigenvalue weighted by Gasteiger charge is -2.30. The molecule has 3 rings (SSSR count). The third-order valence-corrected chi connectivity index (χ3v) is 4.73. The van der Waals surface area contributed by atoms with Crippen molar-refractivity contribution in [3.05, 3.63) is 22.6 Å². The van der Waals surface area contributed by atoms with Gasteiger partial charge in [0.2, 0.25) is 0 Å². The quantitative estimate of drug-likeness (QED) is 0.773. The van der Waals surface area contributed by atoms with E-state index in [9.17, 15) is 0 Å². The molecule has 0 aliphatic carbocycles. The number of likely N-dealkylation sites (tertiary alicyclic amines) is 1. The summed E-state index contributed by atoms with van der Waals surface area (Å²) in [4.78, 5) is 11.7. The van der Waals surface area contributed by atoms with E-state index in [1.165, 1.54) is 19.4 Å². The molecule has 6 heteroatoms. The Bertz CT molecular complexity index is 627. The molecule has 0 N–H and O–H groups in total. The first-order chi connectivity index (χ1) is 10.2. The number of halogens is 2. The van der Waals surface area contributed by atoms with E-state index in [-0.39, 0.29) is 0 Å². The molecule has 0 saturated carbocycles. The smallest absolute Gasteiger partial charge is 0.160 e. The summed E-state index contributed by atoms with van der Waals surface area (Å²) in [6.45, 7) is 3.35.